The molecule has 2 unspecified atom stereocenters. The molecule has 1 aliphatic heterocycles. The smallest absolute Gasteiger partial charge is 0.0743 e. The van der Waals surface area contributed by atoms with Gasteiger partial charge in [0.2, 0.25) is 0 Å². The van der Waals surface area contributed by atoms with Gasteiger partial charge in [0.25, 0.3) is 0 Å². The molecule has 0 bridgehead atoms. The molecule has 1 saturated heterocycles. The monoisotopic (exact) mass is 214 g/mol. The van der Waals surface area contributed by atoms with Crippen LogP contribution in [0.5, 0.6) is 0 Å². The van der Waals surface area contributed by atoms with Crippen LogP contribution in [0.1, 0.15) is 39.5 Å². The van der Waals surface area contributed by atoms with Crippen LogP contribution >= 0.6 is 0 Å². The molecule has 0 aromatic rings. The predicted octanol–water partition coefficient (Wildman–Crippen LogP) is 1.22. The molecule has 0 saturated carbocycles. The molecule has 0 radical (unpaired) electrons. The highest BCUT2D eigenvalue weighted by Crippen LogP contribution is 2.16. The third-order valence-electron chi connectivity index (χ3n) is 3.52. The molecule has 2 atom stereocenters. The Hall–Kier alpha value is -0.120. The number of hydrogen-bond donors (Lipinski definition) is 2. The largest absolute Gasteiger partial charge is 0.389 e. The highest BCUT2D eigenvalue weighted by molar-refractivity contribution is 4.80. The van der Waals surface area contributed by atoms with E-state index >= 15 is 0 Å². The molecule has 1 rings (SSSR count). The summed E-state index contributed by atoms with van der Waals surface area (Å²) < 4.78 is 0. The van der Waals surface area contributed by atoms with Gasteiger partial charge in [-0.3, -0.25) is 0 Å². The summed E-state index contributed by atoms with van der Waals surface area (Å²) in [6, 6.07) is 0.637. The van der Waals surface area contributed by atoms with Crippen molar-refractivity contribution in [3.8, 4) is 0 Å². The Balaban J connectivity index is 2.40. The Kier molecular flexibility index (Phi) is 5.03. The molecular weight excluding hydrogens is 188 g/mol. The molecular formula is C12H26N2O. The lowest BCUT2D eigenvalue weighted by Crippen LogP contribution is -2.43. The summed E-state index contributed by atoms with van der Waals surface area (Å²) in [6.07, 6.45) is 4.53. The Bertz CT molecular complexity index is 174. The summed E-state index contributed by atoms with van der Waals surface area (Å²) in [5, 5.41) is 13.5. The van der Waals surface area contributed by atoms with Crippen LogP contribution in [0.25, 0.3) is 0 Å². The van der Waals surface area contributed by atoms with Crippen LogP contribution in [-0.4, -0.2) is 48.3 Å². The van der Waals surface area contributed by atoms with Gasteiger partial charge in [0.05, 0.1) is 5.60 Å². The fourth-order valence-corrected chi connectivity index (χ4v) is 2.22. The summed E-state index contributed by atoms with van der Waals surface area (Å²) in [7, 11) is 2.14. The molecule has 0 spiro atoms. The number of nitrogens with zero attached hydrogens (tertiary/aromatic N) is 1. The van der Waals surface area contributed by atoms with E-state index in [0.29, 0.717) is 6.04 Å². The van der Waals surface area contributed by atoms with Crippen LogP contribution < -0.4 is 5.32 Å². The fraction of sp³-hybridized carbons (Fsp3) is 1.00. The average molecular weight is 214 g/mol. The van der Waals surface area contributed by atoms with Crippen molar-refractivity contribution in [2.45, 2.75) is 51.2 Å². The van der Waals surface area contributed by atoms with E-state index in [0.717, 1.165) is 26.1 Å². The molecule has 1 fully saturated rings. The van der Waals surface area contributed by atoms with Crippen LogP contribution in [0.4, 0.5) is 0 Å². The topological polar surface area (TPSA) is 35.5 Å². The van der Waals surface area contributed by atoms with E-state index < -0.39 is 5.60 Å². The molecule has 0 aliphatic carbocycles. The minimum absolute atomic E-state index is 0.533. The van der Waals surface area contributed by atoms with Crippen molar-refractivity contribution < 1.29 is 5.11 Å². The van der Waals surface area contributed by atoms with Gasteiger partial charge >= 0.3 is 0 Å². The standard InChI is InChI=1S/C12H26N2O/c1-4-12(2,15)10-14(3)11-6-5-8-13-9-7-11/h11,13,15H,4-10H2,1-3H3. The number of aliphatic hydroxyl groups is 1. The van der Waals surface area contributed by atoms with Crippen molar-refractivity contribution in [1.82, 2.24) is 10.2 Å². The molecule has 0 amide bonds. The highest BCUT2D eigenvalue weighted by atomic mass is 16.3. The van der Waals surface area contributed by atoms with Gasteiger partial charge in [0, 0.05) is 12.6 Å². The van der Waals surface area contributed by atoms with Crippen molar-refractivity contribution in [2.24, 2.45) is 0 Å². The second-order valence-electron chi connectivity index (χ2n) is 5.10. The normalized spacial score (nSPS) is 27.4. The summed E-state index contributed by atoms with van der Waals surface area (Å²) in [5.41, 5.74) is -0.533. The maximum atomic E-state index is 10.0. The maximum Gasteiger partial charge on any atom is 0.0743 e. The van der Waals surface area contributed by atoms with E-state index in [1.54, 1.807) is 0 Å². The van der Waals surface area contributed by atoms with E-state index in [1.807, 2.05) is 13.8 Å². The maximum absolute atomic E-state index is 10.0. The van der Waals surface area contributed by atoms with E-state index in [-0.39, 0.29) is 0 Å². The van der Waals surface area contributed by atoms with Crippen LogP contribution in [0.2, 0.25) is 0 Å². The van der Waals surface area contributed by atoms with E-state index in [9.17, 15) is 5.11 Å². The summed E-state index contributed by atoms with van der Waals surface area (Å²) >= 11 is 0. The number of rotatable bonds is 4. The van der Waals surface area contributed by atoms with Crippen LogP contribution in [0, 0.1) is 0 Å². The lowest BCUT2D eigenvalue weighted by molar-refractivity contribution is 0.0106. The Labute approximate surface area is 93.9 Å². The van der Waals surface area contributed by atoms with Gasteiger partial charge in [-0.25, -0.2) is 0 Å². The van der Waals surface area contributed by atoms with Crippen molar-refractivity contribution in [3.05, 3.63) is 0 Å². The first-order valence-electron chi connectivity index (χ1n) is 6.18. The zero-order valence-corrected chi connectivity index (χ0v) is 10.4. The molecule has 0 aromatic carbocycles. The number of hydrogen-bond acceptors (Lipinski definition) is 3. The first kappa shape index (κ1) is 12.9. The number of likely N-dealkylation sites (N-methyl/N-ethyl adjacent to an activating group) is 1. The van der Waals surface area contributed by atoms with Gasteiger partial charge in [-0.15, -0.1) is 0 Å². The van der Waals surface area contributed by atoms with Gasteiger partial charge in [0.15, 0.2) is 0 Å². The van der Waals surface area contributed by atoms with E-state index in [2.05, 4.69) is 17.3 Å². The van der Waals surface area contributed by atoms with Gasteiger partial charge in [0.1, 0.15) is 0 Å². The summed E-state index contributed by atoms with van der Waals surface area (Å²) in [6.45, 7) is 7.02. The van der Waals surface area contributed by atoms with Gasteiger partial charge in [-0.05, 0) is 52.7 Å². The second-order valence-corrected chi connectivity index (χ2v) is 5.10. The molecule has 0 aromatic heterocycles. The third kappa shape index (κ3) is 4.49. The average Bonchev–Trinajstić information content (AvgIpc) is 2.45. The zero-order chi connectivity index (χ0) is 11.3. The zero-order valence-electron chi connectivity index (χ0n) is 10.4. The first-order valence-corrected chi connectivity index (χ1v) is 6.18. The van der Waals surface area contributed by atoms with Crippen LogP contribution in [0.3, 0.4) is 0 Å². The third-order valence-corrected chi connectivity index (χ3v) is 3.52. The number of nitrogens with one attached hydrogen (secondary N) is 1. The van der Waals surface area contributed by atoms with Gasteiger partial charge < -0.3 is 15.3 Å². The molecule has 1 heterocycles. The molecule has 1 aliphatic rings. The van der Waals surface area contributed by atoms with Crippen molar-refractivity contribution in [1.29, 1.82) is 0 Å². The molecule has 15 heavy (non-hydrogen) atoms. The van der Waals surface area contributed by atoms with Crippen molar-refractivity contribution in [2.75, 3.05) is 26.7 Å². The minimum atomic E-state index is -0.533. The first-order chi connectivity index (χ1) is 7.05. The van der Waals surface area contributed by atoms with Crippen LogP contribution in [-0.2, 0) is 0 Å². The van der Waals surface area contributed by atoms with Gasteiger partial charge in [-0.2, -0.15) is 0 Å². The minimum Gasteiger partial charge on any atom is -0.389 e. The quantitative estimate of drug-likeness (QED) is 0.738. The Morgan fingerprint density at radius 1 is 1.40 bits per heavy atom. The van der Waals surface area contributed by atoms with Crippen LogP contribution in [0.15, 0.2) is 0 Å². The molecule has 3 nitrogen and oxygen atoms in total. The lowest BCUT2D eigenvalue weighted by Gasteiger charge is -2.33. The molecule has 90 valence electrons. The van der Waals surface area contributed by atoms with E-state index in [4.69, 9.17) is 0 Å². The van der Waals surface area contributed by atoms with E-state index in [1.165, 1.54) is 19.3 Å². The van der Waals surface area contributed by atoms with Crippen molar-refractivity contribution >= 4 is 0 Å². The van der Waals surface area contributed by atoms with Crippen molar-refractivity contribution in [3.63, 3.8) is 0 Å². The summed E-state index contributed by atoms with van der Waals surface area (Å²) in [4.78, 5) is 2.33. The highest BCUT2D eigenvalue weighted by Gasteiger charge is 2.24. The Morgan fingerprint density at radius 2 is 2.13 bits per heavy atom. The molecule has 2 N–H and O–H groups in total. The van der Waals surface area contributed by atoms with Gasteiger partial charge in [-0.1, -0.05) is 6.92 Å². The predicted molar refractivity (Wildman–Crippen MR) is 64.1 cm³/mol. The lowest BCUT2D eigenvalue weighted by atomic mass is 10.0. The summed E-state index contributed by atoms with van der Waals surface area (Å²) in [5.74, 6) is 0. The SMILES string of the molecule is CCC(C)(O)CN(C)C1CCCNCC1. The fourth-order valence-electron chi connectivity index (χ4n) is 2.22. The second kappa shape index (κ2) is 5.83. The Morgan fingerprint density at radius 3 is 2.80 bits per heavy atom. The molecule has 3 heteroatoms.